The Kier molecular flexibility index (Phi) is 48.6. The van der Waals surface area contributed by atoms with Crippen LogP contribution < -0.4 is 0 Å². The van der Waals surface area contributed by atoms with Gasteiger partial charge in [-0.05, 0) is 31.1 Å². The smallest absolute Gasteiger partial charge is 0.306 e. The SMILES string of the molecule is CCCCCCCCCCCCCCCCC(=O)O[C@@H](COC(=O)CCCCCCCCCCCCCCCCC(C)CC)COC(=O)CCCCCCCCCCCCC(C)C. The molecule has 63 heavy (non-hydrogen) atoms. The van der Waals surface area contributed by atoms with Crippen molar-refractivity contribution in [3.63, 3.8) is 0 Å². The summed E-state index contributed by atoms with van der Waals surface area (Å²) in [7, 11) is 0. The van der Waals surface area contributed by atoms with Gasteiger partial charge in [0.15, 0.2) is 6.10 Å². The van der Waals surface area contributed by atoms with Gasteiger partial charge in [-0.3, -0.25) is 14.4 Å². The molecule has 0 aliphatic rings. The van der Waals surface area contributed by atoms with Gasteiger partial charge in [-0.2, -0.15) is 0 Å². The van der Waals surface area contributed by atoms with Crippen molar-refractivity contribution in [3.05, 3.63) is 0 Å². The normalized spacial score (nSPS) is 12.5. The van der Waals surface area contributed by atoms with Crippen LogP contribution in [0, 0.1) is 11.8 Å². The predicted octanol–water partition coefficient (Wildman–Crippen LogP) is 18.5. The number of ether oxygens (including phenoxy) is 3. The molecule has 6 heteroatoms. The van der Waals surface area contributed by atoms with E-state index in [1.54, 1.807) is 0 Å². The zero-order valence-electron chi connectivity index (χ0n) is 43.2. The first-order chi connectivity index (χ1) is 30.8. The first kappa shape index (κ1) is 61.4. The quantitative estimate of drug-likeness (QED) is 0.0344. The Labute approximate surface area is 393 Å². The fourth-order valence-corrected chi connectivity index (χ4v) is 8.66. The van der Waals surface area contributed by atoms with Gasteiger partial charge in [0, 0.05) is 19.3 Å². The summed E-state index contributed by atoms with van der Waals surface area (Å²) in [5.41, 5.74) is 0. The lowest BCUT2D eigenvalue weighted by molar-refractivity contribution is -0.167. The van der Waals surface area contributed by atoms with Crippen LogP contribution in [0.2, 0.25) is 0 Å². The van der Waals surface area contributed by atoms with Crippen LogP contribution in [0.3, 0.4) is 0 Å². The van der Waals surface area contributed by atoms with Crippen LogP contribution in [-0.2, 0) is 28.6 Å². The van der Waals surface area contributed by atoms with Crippen LogP contribution in [-0.4, -0.2) is 37.2 Å². The van der Waals surface area contributed by atoms with E-state index in [1.165, 1.54) is 205 Å². The van der Waals surface area contributed by atoms with E-state index in [9.17, 15) is 14.4 Å². The van der Waals surface area contributed by atoms with Crippen molar-refractivity contribution in [1.82, 2.24) is 0 Å². The zero-order chi connectivity index (χ0) is 46.1. The van der Waals surface area contributed by atoms with Gasteiger partial charge >= 0.3 is 17.9 Å². The summed E-state index contributed by atoms with van der Waals surface area (Å²) >= 11 is 0. The largest absolute Gasteiger partial charge is 0.462 e. The van der Waals surface area contributed by atoms with Crippen molar-refractivity contribution in [2.24, 2.45) is 11.8 Å². The van der Waals surface area contributed by atoms with Gasteiger partial charge < -0.3 is 14.2 Å². The molecule has 0 saturated heterocycles. The zero-order valence-corrected chi connectivity index (χ0v) is 43.2. The third kappa shape index (κ3) is 49.7. The van der Waals surface area contributed by atoms with E-state index in [-0.39, 0.29) is 31.1 Å². The summed E-state index contributed by atoms with van der Waals surface area (Å²) in [5.74, 6) is 0.873. The summed E-state index contributed by atoms with van der Waals surface area (Å²) in [5, 5.41) is 0. The predicted molar refractivity (Wildman–Crippen MR) is 270 cm³/mol. The molecule has 0 aromatic rings. The highest BCUT2D eigenvalue weighted by Crippen LogP contribution is 2.18. The Bertz CT molecular complexity index is 964. The standard InChI is InChI=1S/C57H110O6/c1-6-8-9-10-11-12-13-14-18-22-29-34-39-44-49-57(60)63-54(51-62-56(59)48-43-38-33-28-24-23-25-30-35-40-45-52(3)4)50-61-55(58)47-42-37-32-27-21-19-16-15-17-20-26-31-36-41-46-53(5)7-2/h52-54H,6-51H2,1-5H3/t53?,54-/m0/s1. The minimum atomic E-state index is -0.762. The second kappa shape index (κ2) is 49.8. The lowest BCUT2D eigenvalue weighted by Crippen LogP contribution is -2.30. The number of carbonyl (C=O) groups excluding carboxylic acids is 3. The van der Waals surface area contributed by atoms with Crippen molar-refractivity contribution in [2.45, 2.75) is 323 Å². The summed E-state index contributed by atoms with van der Waals surface area (Å²) in [6, 6.07) is 0. The molecule has 1 unspecified atom stereocenters. The number of rotatable bonds is 51. The molecule has 2 atom stereocenters. The third-order valence-corrected chi connectivity index (χ3v) is 13.3. The van der Waals surface area contributed by atoms with Crippen molar-refractivity contribution >= 4 is 17.9 Å². The van der Waals surface area contributed by atoms with Crippen molar-refractivity contribution in [3.8, 4) is 0 Å². The van der Waals surface area contributed by atoms with E-state index in [4.69, 9.17) is 14.2 Å². The maximum Gasteiger partial charge on any atom is 0.306 e. The van der Waals surface area contributed by atoms with Crippen LogP contribution in [0.5, 0.6) is 0 Å². The van der Waals surface area contributed by atoms with Gasteiger partial charge in [0.25, 0.3) is 0 Å². The summed E-state index contributed by atoms with van der Waals surface area (Å²) in [6.07, 6.45) is 52.2. The number of hydrogen-bond donors (Lipinski definition) is 0. The maximum atomic E-state index is 12.8. The van der Waals surface area contributed by atoms with E-state index in [2.05, 4.69) is 34.6 Å². The van der Waals surface area contributed by atoms with Gasteiger partial charge in [0.1, 0.15) is 13.2 Å². The number of unbranched alkanes of at least 4 members (excludes halogenated alkanes) is 35. The molecule has 0 saturated carbocycles. The second-order valence-electron chi connectivity index (χ2n) is 20.3. The van der Waals surface area contributed by atoms with Crippen molar-refractivity contribution in [2.75, 3.05) is 13.2 Å². The van der Waals surface area contributed by atoms with Crippen molar-refractivity contribution < 1.29 is 28.6 Å². The van der Waals surface area contributed by atoms with Crippen LogP contribution in [0.25, 0.3) is 0 Å². The fourth-order valence-electron chi connectivity index (χ4n) is 8.66. The van der Waals surface area contributed by atoms with Gasteiger partial charge in [0.2, 0.25) is 0 Å². The first-order valence-electron chi connectivity index (χ1n) is 28.3. The molecule has 0 rings (SSSR count). The van der Waals surface area contributed by atoms with Gasteiger partial charge in [-0.25, -0.2) is 0 Å². The molecule has 0 aromatic carbocycles. The Morgan fingerprint density at radius 3 is 0.905 bits per heavy atom. The Morgan fingerprint density at radius 2 is 0.603 bits per heavy atom. The average Bonchev–Trinajstić information content (AvgIpc) is 3.27. The van der Waals surface area contributed by atoms with Crippen molar-refractivity contribution in [1.29, 1.82) is 0 Å². The minimum absolute atomic E-state index is 0.0629. The number of esters is 3. The number of hydrogen-bond acceptors (Lipinski definition) is 6. The second-order valence-corrected chi connectivity index (χ2v) is 20.3. The maximum absolute atomic E-state index is 12.8. The molecular formula is C57H110O6. The van der Waals surface area contributed by atoms with E-state index in [1.807, 2.05) is 0 Å². The molecular weight excluding hydrogens is 781 g/mol. The van der Waals surface area contributed by atoms with Crippen LogP contribution in [0.4, 0.5) is 0 Å². The van der Waals surface area contributed by atoms with Gasteiger partial charge in [0.05, 0.1) is 0 Å². The lowest BCUT2D eigenvalue weighted by Gasteiger charge is -2.18. The third-order valence-electron chi connectivity index (χ3n) is 13.3. The molecule has 0 aliphatic heterocycles. The highest BCUT2D eigenvalue weighted by Gasteiger charge is 2.19. The van der Waals surface area contributed by atoms with E-state index < -0.39 is 6.10 Å². The summed E-state index contributed by atoms with van der Waals surface area (Å²) < 4.78 is 16.9. The van der Waals surface area contributed by atoms with Gasteiger partial charge in [-0.1, -0.05) is 279 Å². The van der Waals surface area contributed by atoms with E-state index in [0.29, 0.717) is 19.3 Å². The van der Waals surface area contributed by atoms with Crippen LogP contribution >= 0.6 is 0 Å². The molecule has 0 bridgehead atoms. The van der Waals surface area contributed by atoms with Crippen LogP contribution in [0.1, 0.15) is 317 Å². The summed E-state index contributed by atoms with van der Waals surface area (Å²) in [6.45, 7) is 11.4. The Balaban J connectivity index is 4.29. The monoisotopic (exact) mass is 891 g/mol. The lowest BCUT2D eigenvalue weighted by atomic mass is 9.99. The topological polar surface area (TPSA) is 78.9 Å². The molecule has 0 heterocycles. The number of carbonyl (C=O) groups is 3. The molecule has 0 aromatic heterocycles. The summed E-state index contributed by atoms with van der Waals surface area (Å²) in [4.78, 5) is 38.1. The molecule has 0 fully saturated rings. The molecule has 374 valence electrons. The van der Waals surface area contributed by atoms with Gasteiger partial charge in [-0.15, -0.1) is 0 Å². The molecule has 6 nitrogen and oxygen atoms in total. The van der Waals surface area contributed by atoms with E-state index >= 15 is 0 Å². The van der Waals surface area contributed by atoms with Crippen LogP contribution in [0.15, 0.2) is 0 Å². The molecule has 0 amide bonds. The fraction of sp³-hybridized carbons (Fsp3) is 0.947. The molecule has 0 N–H and O–H groups in total. The first-order valence-corrected chi connectivity index (χ1v) is 28.3. The molecule has 0 spiro atoms. The molecule has 0 radical (unpaired) electrons. The highest BCUT2D eigenvalue weighted by molar-refractivity contribution is 5.71. The Hall–Kier alpha value is -1.59. The minimum Gasteiger partial charge on any atom is -0.462 e. The van der Waals surface area contributed by atoms with E-state index in [0.717, 1.165) is 69.6 Å². The highest BCUT2D eigenvalue weighted by atomic mass is 16.6. The Morgan fingerprint density at radius 1 is 0.333 bits per heavy atom. The molecule has 0 aliphatic carbocycles. The average molecular weight is 892 g/mol.